The molecule has 4 aliphatic rings. The molecule has 246 valence electrons. The summed E-state index contributed by atoms with van der Waals surface area (Å²) in [5.74, 6) is 3.66. The van der Waals surface area contributed by atoms with E-state index in [2.05, 4.69) is 146 Å². The van der Waals surface area contributed by atoms with E-state index >= 15 is 0 Å². The number of hydrogen-bond acceptors (Lipinski definition) is 2. The molecule has 0 saturated heterocycles. The minimum Gasteiger partial charge on any atom is -0.458 e. The first-order chi connectivity index (χ1) is 23.3. The van der Waals surface area contributed by atoms with Crippen molar-refractivity contribution < 1.29 is 9.47 Å². The summed E-state index contributed by atoms with van der Waals surface area (Å²) < 4.78 is 13.5. The van der Waals surface area contributed by atoms with Crippen molar-refractivity contribution in [1.82, 2.24) is 0 Å². The summed E-state index contributed by atoms with van der Waals surface area (Å²) in [4.78, 5) is 0. The molecule has 49 heavy (non-hydrogen) atoms. The van der Waals surface area contributed by atoms with Gasteiger partial charge >= 0.3 is 0 Å². The molecule has 5 aromatic rings. The fourth-order valence-corrected chi connectivity index (χ4v) is 9.70. The van der Waals surface area contributed by atoms with Gasteiger partial charge in [0.2, 0.25) is 0 Å². The van der Waals surface area contributed by atoms with Crippen LogP contribution >= 0.6 is 0 Å². The smallest absolute Gasteiger partial charge is 0.260 e. The minimum atomic E-state index is 0.0434. The number of fused-ring (bicyclic) bond motifs is 6. The van der Waals surface area contributed by atoms with Crippen molar-refractivity contribution in [2.75, 3.05) is 0 Å². The highest BCUT2D eigenvalue weighted by atomic mass is 16.5. The standard InChI is InChI=1S/C46H47BO2/c1-43(2)22-24-45(5,6)40-30(12-9-14-32(40)43)28-18-20-34-38(26-28)48-36-16-11-17-37-42(36)47(34)35-21-19-29(27-39(35)49-37)31-13-10-15-33-41(31)46(7,8)25-23-44(33,3)4/h9-21,26-27H,22-25H2,1-8H3. The number of ether oxygens (including phenoxy) is 2. The summed E-state index contributed by atoms with van der Waals surface area (Å²) in [6.45, 7) is 19.3. The summed E-state index contributed by atoms with van der Waals surface area (Å²) in [6.07, 6.45) is 4.78. The third kappa shape index (κ3) is 4.53. The molecule has 2 nitrogen and oxygen atoms in total. The number of hydrogen-bond donors (Lipinski definition) is 0. The molecule has 2 heterocycles. The van der Waals surface area contributed by atoms with Gasteiger partial charge in [-0.15, -0.1) is 0 Å². The molecule has 0 aromatic heterocycles. The van der Waals surface area contributed by atoms with E-state index in [4.69, 9.17) is 9.47 Å². The Morgan fingerprint density at radius 3 is 1.31 bits per heavy atom. The molecule has 0 fully saturated rings. The maximum absolute atomic E-state index is 6.76. The Morgan fingerprint density at radius 1 is 0.449 bits per heavy atom. The number of rotatable bonds is 2. The van der Waals surface area contributed by atoms with Crippen molar-refractivity contribution in [3.63, 3.8) is 0 Å². The maximum Gasteiger partial charge on any atom is 0.260 e. The van der Waals surface area contributed by atoms with Crippen LogP contribution in [0.15, 0.2) is 91.0 Å². The van der Waals surface area contributed by atoms with Crippen LogP contribution in [0, 0.1) is 0 Å². The highest BCUT2D eigenvalue weighted by Gasteiger charge is 2.43. The quantitative estimate of drug-likeness (QED) is 0.175. The van der Waals surface area contributed by atoms with Crippen LogP contribution in [-0.2, 0) is 21.7 Å². The SMILES string of the molecule is CC1(C)CCC(C)(C)c2c(-c3ccc4c(c3)Oc3cccc5c3B4c3ccc(-c4cccc6c4C(C)(C)CCC6(C)C)cc3O5)cccc21. The fraction of sp³-hybridized carbons (Fsp3) is 0.348. The van der Waals surface area contributed by atoms with E-state index in [1.807, 2.05) is 0 Å². The van der Waals surface area contributed by atoms with Crippen molar-refractivity contribution in [1.29, 1.82) is 0 Å². The molecule has 0 N–H and O–H groups in total. The van der Waals surface area contributed by atoms with Crippen molar-refractivity contribution in [2.24, 2.45) is 0 Å². The minimum absolute atomic E-state index is 0.0434. The lowest BCUT2D eigenvalue weighted by Gasteiger charge is -2.43. The first-order valence-electron chi connectivity index (χ1n) is 18.3. The molecule has 2 aliphatic heterocycles. The second-order valence-electron chi connectivity index (χ2n) is 17.8. The predicted molar refractivity (Wildman–Crippen MR) is 206 cm³/mol. The van der Waals surface area contributed by atoms with Gasteiger partial charge in [-0.25, -0.2) is 0 Å². The van der Waals surface area contributed by atoms with E-state index in [0.29, 0.717) is 0 Å². The van der Waals surface area contributed by atoms with Crippen molar-refractivity contribution in [3.8, 4) is 45.3 Å². The first-order valence-corrected chi connectivity index (χ1v) is 18.3. The van der Waals surface area contributed by atoms with E-state index in [0.717, 1.165) is 28.5 Å². The zero-order valence-electron chi connectivity index (χ0n) is 30.4. The molecule has 0 bridgehead atoms. The molecule has 9 rings (SSSR count). The summed E-state index contributed by atoms with van der Waals surface area (Å²) in [5, 5.41) is 0. The van der Waals surface area contributed by atoms with Crippen molar-refractivity contribution >= 4 is 23.1 Å². The van der Waals surface area contributed by atoms with E-state index in [1.54, 1.807) is 0 Å². The highest BCUT2D eigenvalue weighted by Crippen LogP contribution is 2.51. The van der Waals surface area contributed by atoms with E-state index in [9.17, 15) is 0 Å². The van der Waals surface area contributed by atoms with Crippen LogP contribution in [-0.4, -0.2) is 6.71 Å². The van der Waals surface area contributed by atoms with Gasteiger partial charge < -0.3 is 9.47 Å². The average molecular weight is 643 g/mol. The fourth-order valence-electron chi connectivity index (χ4n) is 9.70. The monoisotopic (exact) mass is 642 g/mol. The van der Waals surface area contributed by atoms with Crippen LogP contribution in [0.3, 0.4) is 0 Å². The van der Waals surface area contributed by atoms with Crippen LogP contribution in [0.4, 0.5) is 0 Å². The van der Waals surface area contributed by atoms with E-state index < -0.39 is 0 Å². The lowest BCUT2D eigenvalue weighted by molar-refractivity contribution is 0.333. The summed E-state index contributed by atoms with van der Waals surface area (Å²) in [7, 11) is 0. The molecule has 5 aromatic carbocycles. The van der Waals surface area contributed by atoms with Gasteiger partial charge in [-0.1, -0.05) is 122 Å². The Kier molecular flexibility index (Phi) is 6.38. The topological polar surface area (TPSA) is 18.5 Å². The Morgan fingerprint density at radius 2 is 0.857 bits per heavy atom. The first kappa shape index (κ1) is 30.8. The lowest BCUT2D eigenvalue weighted by atomic mass is 9.35. The van der Waals surface area contributed by atoms with E-state index in [-0.39, 0.29) is 28.4 Å². The zero-order valence-corrected chi connectivity index (χ0v) is 30.4. The van der Waals surface area contributed by atoms with E-state index in [1.165, 1.54) is 81.1 Å². The molecule has 0 saturated carbocycles. The van der Waals surface area contributed by atoms with Gasteiger partial charge in [-0.05, 0) is 127 Å². The molecule has 0 amide bonds. The van der Waals surface area contributed by atoms with Crippen LogP contribution in [0.25, 0.3) is 22.3 Å². The van der Waals surface area contributed by atoms with Gasteiger partial charge in [0.25, 0.3) is 6.71 Å². The van der Waals surface area contributed by atoms with Crippen LogP contribution in [0.2, 0.25) is 0 Å². The Bertz CT molecular complexity index is 2050. The molecule has 3 heteroatoms. The Labute approximate surface area is 293 Å². The Hall–Kier alpha value is -4.24. The average Bonchev–Trinajstić information content (AvgIpc) is 3.08. The van der Waals surface area contributed by atoms with Gasteiger partial charge in [0.05, 0.1) is 0 Å². The maximum atomic E-state index is 6.76. The molecule has 0 spiro atoms. The highest BCUT2D eigenvalue weighted by molar-refractivity contribution is 6.98. The van der Waals surface area contributed by atoms with Crippen LogP contribution in [0.5, 0.6) is 23.0 Å². The van der Waals surface area contributed by atoms with Crippen molar-refractivity contribution in [2.45, 2.75) is 103 Å². The molecule has 0 unspecified atom stereocenters. The second-order valence-corrected chi connectivity index (χ2v) is 17.8. The summed E-state index contributed by atoms with van der Waals surface area (Å²) in [5.41, 5.74) is 15.1. The normalized spacial score (nSPS) is 19.6. The van der Waals surface area contributed by atoms with Gasteiger partial charge in [0, 0.05) is 5.46 Å². The van der Waals surface area contributed by atoms with Crippen LogP contribution < -0.4 is 25.9 Å². The Balaban J connectivity index is 1.18. The molecular weight excluding hydrogens is 595 g/mol. The van der Waals surface area contributed by atoms with Gasteiger partial charge in [-0.3, -0.25) is 0 Å². The van der Waals surface area contributed by atoms with Gasteiger partial charge in [0.1, 0.15) is 23.0 Å². The van der Waals surface area contributed by atoms with Gasteiger partial charge in [0.15, 0.2) is 0 Å². The van der Waals surface area contributed by atoms with Crippen LogP contribution in [0.1, 0.15) is 103 Å². The molecular formula is C46H47BO2. The molecule has 0 radical (unpaired) electrons. The summed E-state index contributed by atoms with van der Waals surface area (Å²) >= 11 is 0. The molecule has 0 atom stereocenters. The van der Waals surface area contributed by atoms with Crippen molar-refractivity contribution in [3.05, 3.63) is 113 Å². The lowest BCUT2D eigenvalue weighted by Crippen LogP contribution is -2.57. The predicted octanol–water partition coefficient (Wildman–Crippen LogP) is 10.4. The zero-order chi connectivity index (χ0) is 34.1. The third-order valence-electron chi connectivity index (χ3n) is 12.7. The van der Waals surface area contributed by atoms with Gasteiger partial charge in [-0.2, -0.15) is 0 Å². The third-order valence-corrected chi connectivity index (χ3v) is 12.7. The second kappa shape index (κ2) is 10.2. The summed E-state index contributed by atoms with van der Waals surface area (Å²) in [6, 6.07) is 34.0. The molecule has 2 aliphatic carbocycles. The number of benzene rings is 5. The largest absolute Gasteiger partial charge is 0.458 e.